The van der Waals surface area contributed by atoms with Crippen LogP contribution in [0, 0.1) is 5.92 Å². The first kappa shape index (κ1) is 18.2. The van der Waals surface area contributed by atoms with Gasteiger partial charge in [-0.05, 0) is 44.4 Å². The highest BCUT2D eigenvalue weighted by atomic mass is 16.3. The molecular formula is C21H22N4O3. The van der Waals surface area contributed by atoms with Crippen LogP contribution in [-0.4, -0.2) is 21.9 Å². The molecule has 1 aliphatic carbocycles. The maximum absolute atomic E-state index is 12.7. The van der Waals surface area contributed by atoms with Gasteiger partial charge in [0, 0.05) is 11.3 Å². The zero-order chi connectivity index (χ0) is 19.8. The second-order valence-electron chi connectivity index (χ2n) is 7.50. The van der Waals surface area contributed by atoms with E-state index < -0.39 is 5.91 Å². The molecule has 2 heterocycles. The number of benzene rings is 1. The molecule has 2 atom stereocenters. The topological polar surface area (TPSA) is 89.5 Å². The van der Waals surface area contributed by atoms with E-state index in [2.05, 4.69) is 22.5 Å². The van der Waals surface area contributed by atoms with Gasteiger partial charge in [0.05, 0.1) is 17.6 Å². The number of fused-ring (bicyclic) bond motifs is 1. The summed E-state index contributed by atoms with van der Waals surface area (Å²) in [6.07, 6.45) is 2.61. The van der Waals surface area contributed by atoms with Crippen LogP contribution < -0.4 is 11.0 Å². The van der Waals surface area contributed by atoms with Crippen LogP contribution in [0.1, 0.15) is 61.2 Å². The van der Waals surface area contributed by atoms with E-state index in [1.54, 1.807) is 24.3 Å². The van der Waals surface area contributed by atoms with Crippen LogP contribution in [0.5, 0.6) is 0 Å². The van der Waals surface area contributed by atoms with Gasteiger partial charge in [0.15, 0.2) is 5.69 Å². The number of nitrogens with one attached hydrogen (secondary N) is 1. The van der Waals surface area contributed by atoms with Crippen molar-refractivity contribution in [3.05, 3.63) is 64.0 Å². The third kappa shape index (κ3) is 3.35. The van der Waals surface area contributed by atoms with Gasteiger partial charge in [-0.1, -0.05) is 25.1 Å². The molecule has 7 heteroatoms. The van der Waals surface area contributed by atoms with Gasteiger partial charge in [-0.15, -0.1) is 0 Å². The SMILES string of the molecule is CC(C)n1nc(C(=O)N/N=C\c2ccc([C@H]3C[C@H]3C)o2)c2ccccc2c1=O. The van der Waals surface area contributed by atoms with E-state index in [0.29, 0.717) is 28.4 Å². The second-order valence-corrected chi connectivity index (χ2v) is 7.50. The molecule has 1 saturated carbocycles. The first-order valence-corrected chi connectivity index (χ1v) is 9.40. The summed E-state index contributed by atoms with van der Waals surface area (Å²) in [5.74, 6) is 2.21. The largest absolute Gasteiger partial charge is 0.460 e. The van der Waals surface area contributed by atoms with Crippen LogP contribution >= 0.6 is 0 Å². The standard InChI is InChI=1S/C21H22N4O3/c1-12(2)25-21(27)16-7-5-4-6-15(16)19(24-25)20(26)23-22-11-14-8-9-18(28-14)17-10-13(17)3/h4-9,11-13,17H,10H2,1-3H3,(H,23,26)/b22-11-/t13-,17+/m1/s1. The third-order valence-corrected chi connectivity index (χ3v) is 5.01. The lowest BCUT2D eigenvalue weighted by molar-refractivity contribution is 0.0949. The molecule has 3 aromatic rings. The molecular weight excluding hydrogens is 356 g/mol. The van der Waals surface area contributed by atoms with Crippen LogP contribution in [0.15, 0.2) is 50.7 Å². The first-order valence-electron chi connectivity index (χ1n) is 9.40. The van der Waals surface area contributed by atoms with Gasteiger partial charge >= 0.3 is 0 Å². The Morgan fingerprint density at radius 2 is 2.00 bits per heavy atom. The van der Waals surface area contributed by atoms with Crippen LogP contribution in [0.4, 0.5) is 0 Å². The van der Waals surface area contributed by atoms with Crippen molar-refractivity contribution in [1.82, 2.24) is 15.2 Å². The molecule has 1 aromatic carbocycles. The molecule has 1 N–H and O–H groups in total. The molecule has 0 unspecified atom stereocenters. The highest BCUT2D eigenvalue weighted by Crippen LogP contribution is 2.47. The molecule has 0 spiro atoms. The van der Waals surface area contributed by atoms with Crippen molar-refractivity contribution in [2.75, 3.05) is 0 Å². The summed E-state index contributed by atoms with van der Waals surface area (Å²) < 4.78 is 7.06. The number of furan rings is 1. The normalized spacial score (nSPS) is 18.9. The van der Waals surface area contributed by atoms with Crippen molar-refractivity contribution < 1.29 is 9.21 Å². The minimum Gasteiger partial charge on any atom is -0.460 e. The number of amides is 1. The summed E-state index contributed by atoms with van der Waals surface area (Å²) in [6, 6.07) is 10.6. The van der Waals surface area contributed by atoms with Crippen molar-refractivity contribution in [2.45, 2.75) is 39.2 Å². The summed E-state index contributed by atoms with van der Waals surface area (Å²) in [6.45, 7) is 5.88. The number of rotatable bonds is 5. The summed E-state index contributed by atoms with van der Waals surface area (Å²) in [5, 5.41) is 9.21. The first-order chi connectivity index (χ1) is 13.5. The van der Waals surface area contributed by atoms with Crippen molar-refractivity contribution in [2.24, 2.45) is 11.0 Å². The predicted octanol–water partition coefficient (Wildman–Crippen LogP) is 3.46. The van der Waals surface area contributed by atoms with Gasteiger partial charge in [-0.2, -0.15) is 10.2 Å². The minimum atomic E-state index is -0.482. The summed E-state index contributed by atoms with van der Waals surface area (Å²) in [4.78, 5) is 25.2. The molecule has 144 valence electrons. The van der Waals surface area contributed by atoms with Crippen molar-refractivity contribution in [1.29, 1.82) is 0 Å². The lowest BCUT2D eigenvalue weighted by atomic mass is 10.1. The van der Waals surface area contributed by atoms with Crippen molar-refractivity contribution in [3.63, 3.8) is 0 Å². The average molecular weight is 378 g/mol. The van der Waals surface area contributed by atoms with Gasteiger partial charge in [0.25, 0.3) is 11.5 Å². The number of carbonyl (C=O) groups is 1. The molecule has 1 amide bonds. The molecule has 28 heavy (non-hydrogen) atoms. The van der Waals surface area contributed by atoms with E-state index in [1.165, 1.54) is 10.9 Å². The Labute approximate surface area is 162 Å². The molecule has 7 nitrogen and oxygen atoms in total. The Balaban J connectivity index is 1.58. The molecule has 4 rings (SSSR count). The van der Waals surface area contributed by atoms with Crippen LogP contribution in [0.3, 0.4) is 0 Å². The number of hydrogen-bond acceptors (Lipinski definition) is 5. The highest BCUT2D eigenvalue weighted by molar-refractivity contribution is 6.04. The van der Waals surface area contributed by atoms with E-state index in [-0.39, 0.29) is 17.3 Å². The van der Waals surface area contributed by atoms with E-state index in [1.807, 2.05) is 26.0 Å². The predicted molar refractivity (Wildman–Crippen MR) is 107 cm³/mol. The fraction of sp³-hybridized carbons (Fsp3) is 0.333. The Morgan fingerprint density at radius 1 is 1.29 bits per heavy atom. The molecule has 0 aliphatic heterocycles. The van der Waals surface area contributed by atoms with Crippen LogP contribution in [0.25, 0.3) is 10.8 Å². The molecule has 0 saturated heterocycles. The summed E-state index contributed by atoms with van der Waals surface area (Å²) in [5.41, 5.74) is 2.42. The fourth-order valence-electron chi connectivity index (χ4n) is 3.29. The van der Waals surface area contributed by atoms with Gasteiger partial charge in [0.1, 0.15) is 11.5 Å². The van der Waals surface area contributed by atoms with Crippen molar-refractivity contribution >= 4 is 22.9 Å². The maximum Gasteiger partial charge on any atom is 0.292 e. The quantitative estimate of drug-likeness (QED) is 0.544. The smallest absolute Gasteiger partial charge is 0.292 e. The van der Waals surface area contributed by atoms with E-state index >= 15 is 0 Å². The van der Waals surface area contributed by atoms with Crippen LogP contribution in [-0.2, 0) is 0 Å². The van der Waals surface area contributed by atoms with E-state index in [0.717, 1.165) is 12.2 Å². The zero-order valence-electron chi connectivity index (χ0n) is 16.0. The summed E-state index contributed by atoms with van der Waals surface area (Å²) >= 11 is 0. The monoisotopic (exact) mass is 378 g/mol. The molecule has 1 fully saturated rings. The number of hydrogen-bond donors (Lipinski definition) is 1. The fourth-order valence-corrected chi connectivity index (χ4v) is 3.29. The Bertz CT molecular complexity index is 1130. The van der Waals surface area contributed by atoms with Crippen LogP contribution in [0.2, 0.25) is 0 Å². The summed E-state index contributed by atoms with van der Waals surface area (Å²) in [7, 11) is 0. The minimum absolute atomic E-state index is 0.160. The lowest BCUT2D eigenvalue weighted by Crippen LogP contribution is -2.30. The zero-order valence-corrected chi connectivity index (χ0v) is 16.0. The number of hydrazone groups is 1. The number of aromatic nitrogens is 2. The third-order valence-electron chi connectivity index (χ3n) is 5.01. The Morgan fingerprint density at radius 3 is 2.68 bits per heavy atom. The molecule has 0 bridgehead atoms. The van der Waals surface area contributed by atoms with Gasteiger partial charge < -0.3 is 4.42 Å². The van der Waals surface area contributed by atoms with Gasteiger partial charge in [-0.25, -0.2) is 10.1 Å². The maximum atomic E-state index is 12.7. The van der Waals surface area contributed by atoms with E-state index in [4.69, 9.17) is 4.42 Å². The highest BCUT2D eigenvalue weighted by Gasteiger charge is 2.36. The number of nitrogens with zero attached hydrogens (tertiary/aromatic N) is 3. The van der Waals surface area contributed by atoms with Gasteiger partial charge in [0.2, 0.25) is 0 Å². The Kier molecular flexibility index (Phi) is 4.58. The number of carbonyl (C=O) groups excluding carboxylic acids is 1. The molecule has 1 aliphatic rings. The van der Waals surface area contributed by atoms with Crippen molar-refractivity contribution in [3.8, 4) is 0 Å². The van der Waals surface area contributed by atoms with Gasteiger partial charge in [-0.3, -0.25) is 9.59 Å². The molecule has 0 radical (unpaired) electrons. The van der Waals surface area contributed by atoms with E-state index in [9.17, 15) is 9.59 Å². The average Bonchev–Trinajstić information content (AvgIpc) is 3.22. The molecule has 2 aromatic heterocycles. The lowest BCUT2D eigenvalue weighted by Gasteiger charge is -2.12. The Hall–Kier alpha value is -3.22. The second kappa shape index (κ2) is 7.07.